The van der Waals surface area contributed by atoms with Gasteiger partial charge < -0.3 is 14.2 Å². The highest BCUT2D eigenvalue weighted by Gasteiger charge is 2.39. The van der Waals surface area contributed by atoms with Crippen LogP contribution < -0.4 is 19.1 Å². The Morgan fingerprint density at radius 3 is 2.70 bits per heavy atom. The van der Waals surface area contributed by atoms with E-state index in [-0.39, 0.29) is 29.7 Å². The third-order valence-electron chi connectivity index (χ3n) is 5.07. The molecule has 33 heavy (non-hydrogen) atoms. The number of rotatable bonds is 3. The Kier molecular flexibility index (Phi) is 5.29. The number of aromatic nitrogens is 3. The van der Waals surface area contributed by atoms with Gasteiger partial charge in [0.15, 0.2) is 17.2 Å². The molecule has 3 aromatic rings. The fourth-order valence-electron chi connectivity index (χ4n) is 3.67. The van der Waals surface area contributed by atoms with Crippen molar-refractivity contribution in [1.82, 2.24) is 15.2 Å². The summed E-state index contributed by atoms with van der Waals surface area (Å²) in [6.45, 7) is 1.29. The predicted octanol–water partition coefficient (Wildman–Crippen LogP) is 4.10. The second kappa shape index (κ2) is 8.15. The van der Waals surface area contributed by atoms with E-state index in [1.165, 1.54) is 35.7 Å². The zero-order chi connectivity index (χ0) is 23.3. The normalized spacial score (nSPS) is 15.8. The Labute approximate surface area is 199 Å². The van der Waals surface area contributed by atoms with Crippen LogP contribution in [-0.4, -0.2) is 39.1 Å². The Morgan fingerprint density at radius 1 is 1.24 bits per heavy atom. The summed E-state index contributed by atoms with van der Waals surface area (Å²) in [5.41, 5.74) is 1.10. The average molecular weight is 532 g/mol. The van der Waals surface area contributed by atoms with Gasteiger partial charge in [0.05, 0.1) is 22.2 Å². The van der Waals surface area contributed by atoms with Crippen molar-refractivity contribution in [3.05, 3.63) is 50.5 Å². The van der Waals surface area contributed by atoms with E-state index < -0.39 is 17.1 Å². The maximum atomic E-state index is 12.9. The van der Waals surface area contributed by atoms with E-state index in [1.807, 2.05) is 0 Å². The summed E-state index contributed by atoms with van der Waals surface area (Å²) in [7, 11) is 0. The van der Waals surface area contributed by atoms with Crippen molar-refractivity contribution < 1.29 is 23.9 Å². The molecule has 13 heteroatoms. The summed E-state index contributed by atoms with van der Waals surface area (Å²) < 4.78 is 17.7. The van der Waals surface area contributed by atoms with E-state index in [2.05, 4.69) is 31.1 Å². The lowest BCUT2D eigenvalue weighted by Crippen LogP contribution is -2.36. The molecule has 1 atom stereocenters. The van der Waals surface area contributed by atoms with E-state index in [4.69, 9.17) is 14.2 Å². The van der Waals surface area contributed by atoms with Gasteiger partial charge in [0.2, 0.25) is 30.0 Å². The highest BCUT2D eigenvalue weighted by atomic mass is 79.9. The van der Waals surface area contributed by atoms with Gasteiger partial charge in [0, 0.05) is 17.0 Å². The first-order valence-electron chi connectivity index (χ1n) is 9.50. The zero-order valence-electron chi connectivity index (χ0n) is 17.1. The molecule has 168 valence electrons. The maximum Gasteiger partial charge on any atom is 0.282 e. The minimum Gasteiger partial charge on any atom is -0.454 e. The molecule has 2 aliphatic heterocycles. The number of anilines is 1. The van der Waals surface area contributed by atoms with E-state index in [0.717, 1.165) is 4.47 Å². The number of halogens is 1. The number of thioether (sulfide) groups is 1. The number of amides is 1. The Morgan fingerprint density at radius 2 is 2.00 bits per heavy atom. The van der Waals surface area contributed by atoms with Crippen LogP contribution in [0.3, 0.4) is 0 Å². The van der Waals surface area contributed by atoms with E-state index >= 15 is 0 Å². The second-order valence-corrected chi connectivity index (χ2v) is 8.68. The van der Waals surface area contributed by atoms with E-state index in [0.29, 0.717) is 27.9 Å². The molecular weight excluding hydrogens is 518 g/mol. The van der Waals surface area contributed by atoms with Crippen LogP contribution in [0.1, 0.15) is 18.7 Å². The van der Waals surface area contributed by atoms with Crippen LogP contribution in [0.2, 0.25) is 0 Å². The van der Waals surface area contributed by atoms with Crippen LogP contribution in [0.4, 0.5) is 11.4 Å². The zero-order valence-corrected chi connectivity index (χ0v) is 19.5. The van der Waals surface area contributed by atoms with Crippen LogP contribution in [-0.2, 0) is 4.79 Å². The summed E-state index contributed by atoms with van der Waals surface area (Å²) in [6, 6.07) is 7.93. The standard InChI is InChI=1S/C20H14BrN5O6S/c1-9(27)25-13-4-3-10(21)5-11(13)17-18(22-20(33-2)24-23-17)32-19(25)12-6-15-16(31-8-30-15)7-14(12)26(28)29/h3-7,19H,8H2,1-2H3. The third-order valence-corrected chi connectivity index (χ3v) is 6.10. The van der Waals surface area contributed by atoms with E-state index in [9.17, 15) is 14.9 Å². The molecule has 0 saturated heterocycles. The SMILES string of the molecule is CSc1nnc2c(n1)OC(c1cc3c(cc1[N+](=O)[O-])OCO3)N(C(C)=O)c1ccc(Br)cc1-2. The number of fused-ring (bicyclic) bond motifs is 4. The molecule has 5 rings (SSSR count). The summed E-state index contributed by atoms with van der Waals surface area (Å²) in [5, 5.41) is 20.7. The van der Waals surface area contributed by atoms with Gasteiger partial charge >= 0.3 is 0 Å². The monoisotopic (exact) mass is 531 g/mol. The minimum absolute atomic E-state index is 0.0637. The highest BCUT2D eigenvalue weighted by Crippen LogP contribution is 2.48. The molecule has 0 fully saturated rings. The van der Waals surface area contributed by atoms with Crippen molar-refractivity contribution >= 4 is 45.0 Å². The van der Waals surface area contributed by atoms with Crippen molar-refractivity contribution in [3.8, 4) is 28.6 Å². The second-order valence-electron chi connectivity index (χ2n) is 6.99. The summed E-state index contributed by atoms with van der Waals surface area (Å²) >= 11 is 4.70. The summed E-state index contributed by atoms with van der Waals surface area (Å²) in [5.74, 6) is 0.247. The van der Waals surface area contributed by atoms with Crippen LogP contribution in [0, 0.1) is 10.1 Å². The fourth-order valence-corrected chi connectivity index (χ4v) is 4.33. The van der Waals surface area contributed by atoms with Gasteiger partial charge in [-0.25, -0.2) is 0 Å². The van der Waals surface area contributed by atoms with Crippen molar-refractivity contribution in [2.75, 3.05) is 17.9 Å². The minimum atomic E-state index is -1.23. The molecule has 11 nitrogen and oxygen atoms in total. The molecule has 0 saturated carbocycles. The number of hydrogen-bond donors (Lipinski definition) is 0. The lowest BCUT2D eigenvalue weighted by atomic mass is 10.1. The number of nitro groups is 1. The Bertz CT molecular complexity index is 1320. The molecule has 0 radical (unpaired) electrons. The number of ether oxygens (including phenoxy) is 3. The van der Waals surface area contributed by atoms with Gasteiger partial charge in [-0.15, -0.1) is 10.2 Å². The van der Waals surface area contributed by atoms with Crippen LogP contribution in [0.15, 0.2) is 40.0 Å². The van der Waals surface area contributed by atoms with Crippen LogP contribution >= 0.6 is 27.7 Å². The Hall–Kier alpha value is -3.45. The first kappa shape index (κ1) is 21.4. The number of nitrogens with zero attached hydrogens (tertiary/aromatic N) is 5. The molecule has 3 heterocycles. The number of carbonyl (C=O) groups is 1. The van der Waals surface area contributed by atoms with Gasteiger partial charge in [-0.3, -0.25) is 19.8 Å². The first-order valence-corrected chi connectivity index (χ1v) is 11.5. The topological polar surface area (TPSA) is 130 Å². The van der Waals surface area contributed by atoms with Gasteiger partial charge in [-0.05, 0) is 30.5 Å². The summed E-state index contributed by atoms with van der Waals surface area (Å²) in [4.78, 5) is 30.1. The Balaban J connectivity index is 1.80. The fraction of sp³-hybridized carbons (Fsp3) is 0.200. The third kappa shape index (κ3) is 3.62. The first-order chi connectivity index (χ1) is 15.9. The largest absolute Gasteiger partial charge is 0.454 e. The molecule has 0 N–H and O–H groups in total. The van der Waals surface area contributed by atoms with E-state index in [1.54, 1.807) is 24.5 Å². The number of hydrogen-bond acceptors (Lipinski definition) is 10. The molecule has 1 amide bonds. The summed E-state index contributed by atoms with van der Waals surface area (Å²) in [6.07, 6.45) is 0.553. The molecule has 1 unspecified atom stereocenters. The van der Waals surface area contributed by atoms with Gasteiger partial charge in [0.25, 0.3) is 5.69 Å². The lowest BCUT2D eigenvalue weighted by Gasteiger charge is -2.29. The molecule has 0 bridgehead atoms. The molecule has 2 aromatic carbocycles. The number of benzene rings is 2. The number of carbonyl (C=O) groups excluding carboxylic acids is 1. The predicted molar refractivity (Wildman–Crippen MR) is 120 cm³/mol. The van der Waals surface area contributed by atoms with Crippen LogP contribution in [0.5, 0.6) is 17.4 Å². The molecule has 2 aliphatic rings. The lowest BCUT2D eigenvalue weighted by molar-refractivity contribution is -0.386. The quantitative estimate of drug-likeness (QED) is 0.276. The van der Waals surface area contributed by atoms with Crippen molar-refractivity contribution in [2.24, 2.45) is 0 Å². The maximum absolute atomic E-state index is 12.9. The van der Waals surface area contributed by atoms with Gasteiger partial charge in [-0.1, -0.05) is 27.7 Å². The highest BCUT2D eigenvalue weighted by molar-refractivity contribution is 9.10. The van der Waals surface area contributed by atoms with Crippen molar-refractivity contribution in [2.45, 2.75) is 18.3 Å². The molecular formula is C20H14BrN5O6S. The molecule has 0 aliphatic carbocycles. The average Bonchev–Trinajstić information content (AvgIpc) is 3.20. The van der Waals surface area contributed by atoms with Crippen molar-refractivity contribution in [3.63, 3.8) is 0 Å². The van der Waals surface area contributed by atoms with Gasteiger partial charge in [-0.2, -0.15) is 4.98 Å². The van der Waals surface area contributed by atoms with Crippen molar-refractivity contribution in [1.29, 1.82) is 0 Å². The van der Waals surface area contributed by atoms with Crippen LogP contribution in [0.25, 0.3) is 11.3 Å². The smallest absolute Gasteiger partial charge is 0.282 e. The number of nitro benzene ring substituents is 1. The molecule has 0 spiro atoms. The molecule has 1 aromatic heterocycles. The van der Waals surface area contributed by atoms with Gasteiger partial charge in [0.1, 0.15) is 0 Å².